The first-order valence-electron chi connectivity index (χ1n) is 5.67. The minimum Gasteiger partial charge on any atom is -0.322 e. The Balaban J connectivity index is 3.01. The number of hydrogen-bond donors (Lipinski definition) is 1. The van der Waals surface area contributed by atoms with Crippen molar-refractivity contribution in [2.75, 3.05) is 0 Å². The molecule has 0 spiro atoms. The summed E-state index contributed by atoms with van der Waals surface area (Å²) in [4.78, 5) is 0. The zero-order valence-corrected chi connectivity index (χ0v) is 10.6. The summed E-state index contributed by atoms with van der Waals surface area (Å²) in [5, 5.41) is 0. The average Bonchev–Trinajstić information content (AvgIpc) is 2.17. The van der Waals surface area contributed by atoms with Crippen molar-refractivity contribution in [3.63, 3.8) is 0 Å². The molecule has 0 aliphatic rings. The molecular weight excluding hydrogens is 182 g/mol. The minimum absolute atomic E-state index is 0.241. The van der Waals surface area contributed by atoms with Gasteiger partial charge in [-0.15, -0.1) is 0 Å². The molecule has 0 aromatic heterocycles. The predicted molar refractivity (Wildman–Crippen MR) is 67.0 cm³/mol. The molecule has 0 radical (unpaired) electrons. The molecule has 0 fully saturated rings. The molecule has 0 heterocycles. The van der Waals surface area contributed by atoms with Crippen LogP contribution >= 0.6 is 0 Å². The second-order valence-electron chi connectivity index (χ2n) is 5.54. The molecule has 84 valence electrons. The fourth-order valence-electron chi connectivity index (χ4n) is 1.56. The van der Waals surface area contributed by atoms with Gasteiger partial charge in [0.2, 0.25) is 0 Å². The highest BCUT2D eigenvalue weighted by molar-refractivity contribution is 5.31. The Kier molecular flexibility index (Phi) is 3.25. The van der Waals surface area contributed by atoms with Gasteiger partial charge in [0.1, 0.15) is 0 Å². The van der Waals surface area contributed by atoms with E-state index in [9.17, 15) is 0 Å². The normalized spacial score (nSPS) is 12.9. The number of hydrogen-bond acceptors (Lipinski definition) is 1. The van der Waals surface area contributed by atoms with Crippen LogP contribution in [-0.2, 0) is 11.0 Å². The highest BCUT2D eigenvalue weighted by atomic mass is 14.7. The third-order valence-corrected chi connectivity index (χ3v) is 3.29. The van der Waals surface area contributed by atoms with Crippen molar-refractivity contribution in [1.29, 1.82) is 0 Å². The van der Waals surface area contributed by atoms with Gasteiger partial charge in [-0.2, -0.15) is 0 Å². The number of rotatable bonds is 3. The summed E-state index contributed by atoms with van der Waals surface area (Å²) in [5.41, 5.74) is 8.65. The maximum Gasteiger partial charge on any atom is 0.0352 e. The SMILES string of the molecule is CCC(C)(C)c1ccc(C(C)(C)N)cc1. The molecule has 0 atom stereocenters. The monoisotopic (exact) mass is 205 g/mol. The maximum atomic E-state index is 6.05. The van der Waals surface area contributed by atoms with Crippen molar-refractivity contribution < 1.29 is 0 Å². The van der Waals surface area contributed by atoms with E-state index < -0.39 is 0 Å². The van der Waals surface area contributed by atoms with Crippen LogP contribution in [0.25, 0.3) is 0 Å². The van der Waals surface area contributed by atoms with Crippen LogP contribution in [-0.4, -0.2) is 0 Å². The standard InChI is InChI=1S/C14H23N/c1-6-13(2,3)11-7-9-12(10-8-11)14(4,5)15/h7-10H,6,15H2,1-5H3. The van der Waals surface area contributed by atoms with Crippen LogP contribution in [0.5, 0.6) is 0 Å². The van der Waals surface area contributed by atoms with Gasteiger partial charge in [0.25, 0.3) is 0 Å². The quantitative estimate of drug-likeness (QED) is 0.802. The molecule has 1 nitrogen and oxygen atoms in total. The molecule has 0 saturated carbocycles. The molecule has 0 aliphatic carbocycles. The highest BCUT2D eigenvalue weighted by Gasteiger charge is 2.19. The van der Waals surface area contributed by atoms with E-state index in [0.717, 1.165) is 6.42 Å². The molecule has 2 N–H and O–H groups in total. The van der Waals surface area contributed by atoms with Gasteiger partial charge in [-0.05, 0) is 36.8 Å². The Morgan fingerprint density at radius 3 is 1.67 bits per heavy atom. The van der Waals surface area contributed by atoms with E-state index in [2.05, 4.69) is 45.0 Å². The molecule has 1 aromatic carbocycles. The van der Waals surface area contributed by atoms with Gasteiger partial charge in [-0.3, -0.25) is 0 Å². The fraction of sp³-hybridized carbons (Fsp3) is 0.571. The third-order valence-electron chi connectivity index (χ3n) is 3.29. The summed E-state index contributed by atoms with van der Waals surface area (Å²) < 4.78 is 0. The first kappa shape index (κ1) is 12.3. The molecule has 1 heteroatoms. The van der Waals surface area contributed by atoms with Crippen LogP contribution in [0.4, 0.5) is 0 Å². The Morgan fingerprint density at radius 2 is 1.33 bits per heavy atom. The lowest BCUT2D eigenvalue weighted by molar-refractivity contribution is 0.504. The predicted octanol–water partition coefficient (Wildman–Crippen LogP) is 3.57. The second-order valence-corrected chi connectivity index (χ2v) is 5.54. The van der Waals surface area contributed by atoms with Crippen molar-refractivity contribution in [2.24, 2.45) is 5.73 Å². The van der Waals surface area contributed by atoms with E-state index in [0.29, 0.717) is 0 Å². The topological polar surface area (TPSA) is 26.0 Å². The minimum atomic E-state index is -0.241. The van der Waals surface area contributed by atoms with E-state index in [1.54, 1.807) is 0 Å². The first-order valence-corrected chi connectivity index (χ1v) is 5.67. The van der Waals surface area contributed by atoms with Crippen molar-refractivity contribution >= 4 is 0 Å². The lowest BCUT2D eigenvalue weighted by Crippen LogP contribution is -2.28. The zero-order chi connectivity index (χ0) is 11.7. The number of benzene rings is 1. The van der Waals surface area contributed by atoms with Gasteiger partial charge < -0.3 is 5.73 Å². The Labute approximate surface area is 93.7 Å². The molecule has 15 heavy (non-hydrogen) atoms. The average molecular weight is 205 g/mol. The van der Waals surface area contributed by atoms with E-state index in [4.69, 9.17) is 5.73 Å². The molecule has 0 saturated heterocycles. The maximum absolute atomic E-state index is 6.05. The summed E-state index contributed by atoms with van der Waals surface area (Å²) in [6.07, 6.45) is 1.15. The smallest absolute Gasteiger partial charge is 0.0352 e. The molecule has 0 unspecified atom stereocenters. The molecule has 0 aliphatic heterocycles. The van der Waals surface area contributed by atoms with Crippen LogP contribution in [0.3, 0.4) is 0 Å². The van der Waals surface area contributed by atoms with Gasteiger partial charge in [0.05, 0.1) is 0 Å². The summed E-state index contributed by atoms with van der Waals surface area (Å²) in [6, 6.07) is 8.69. The fourth-order valence-corrected chi connectivity index (χ4v) is 1.56. The van der Waals surface area contributed by atoms with Gasteiger partial charge in [0.15, 0.2) is 0 Å². The lowest BCUT2D eigenvalue weighted by Gasteiger charge is -2.25. The molecule has 1 aromatic rings. The Hall–Kier alpha value is -0.820. The second kappa shape index (κ2) is 3.97. The van der Waals surface area contributed by atoms with Gasteiger partial charge in [-0.1, -0.05) is 45.0 Å². The van der Waals surface area contributed by atoms with Crippen LogP contribution in [0, 0.1) is 0 Å². The van der Waals surface area contributed by atoms with Crippen molar-refractivity contribution in [2.45, 2.75) is 52.0 Å². The first-order chi connectivity index (χ1) is 6.77. The largest absolute Gasteiger partial charge is 0.322 e. The molecule has 0 bridgehead atoms. The van der Waals surface area contributed by atoms with Crippen molar-refractivity contribution in [3.8, 4) is 0 Å². The Morgan fingerprint density at radius 1 is 0.933 bits per heavy atom. The summed E-state index contributed by atoms with van der Waals surface area (Å²) in [5.74, 6) is 0. The Bertz CT molecular complexity index is 314. The van der Waals surface area contributed by atoms with Crippen molar-refractivity contribution in [1.82, 2.24) is 0 Å². The summed E-state index contributed by atoms with van der Waals surface area (Å²) in [6.45, 7) is 10.8. The van der Waals surface area contributed by atoms with Crippen molar-refractivity contribution in [3.05, 3.63) is 35.4 Å². The van der Waals surface area contributed by atoms with E-state index in [1.165, 1.54) is 11.1 Å². The van der Waals surface area contributed by atoms with Crippen LogP contribution in [0.1, 0.15) is 52.2 Å². The molecule has 1 rings (SSSR count). The van der Waals surface area contributed by atoms with E-state index in [1.807, 2.05) is 13.8 Å². The zero-order valence-electron chi connectivity index (χ0n) is 10.6. The van der Waals surface area contributed by atoms with E-state index in [-0.39, 0.29) is 11.0 Å². The lowest BCUT2D eigenvalue weighted by atomic mass is 9.81. The van der Waals surface area contributed by atoms with Gasteiger partial charge >= 0.3 is 0 Å². The van der Waals surface area contributed by atoms with Gasteiger partial charge in [-0.25, -0.2) is 0 Å². The van der Waals surface area contributed by atoms with Crippen LogP contribution in [0.15, 0.2) is 24.3 Å². The van der Waals surface area contributed by atoms with Crippen LogP contribution < -0.4 is 5.73 Å². The summed E-state index contributed by atoms with van der Waals surface area (Å²) in [7, 11) is 0. The molecular formula is C14H23N. The number of nitrogens with two attached hydrogens (primary N) is 1. The van der Waals surface area contributed by atoms with Gasteiger partial charge in [0, 0.05) is 5.54 Å². The highest BCUT2D eigenvalue weighted by Crippen LogP contribution is 2.28. The van der Waals surface area contributed by atoms with E-state index >= 15 is 0 Å². The molecule has 0 amide bonds. The third kappa shape index (κ3) is 2.82. The summed E-state index contributed by atoms with van der Waals surface area (Å²) >= 11 is 0. The van der Waals surface area contributed by atoms with Crippen LogP contribution in [0.2, 0.25) is 0 Å².